The highest BCUT2D eigenvalue weighted by molar-refractivity contribution is 8.13. The summed E-state index contributed by atoms with van der Waals surface area (Å²) in [5.41, 5.74) is -1.36. The molecule has 0 aliphatic heterocycles. The molecule has 0 unspecified atom stereocenters. The molecule has 0 saturated heterocycles. The van der Waals surface area contributed by atoms with Crippen molar-refractivity contribution in [2.45, 2.75) is 104 Å². The fraction of sp³-hybridized carbons (Fsp3) is 0.840. The van der Waals surface area contributed by atoms with Crippen LogP contribution in [-0.2, 0) is 28.3 Å². The van der Waals surface area contributed by atoms with Gasteiger partial charge in [-0.2, -0.15) is 0 Å². The van der Waals surface area contributed by atoms with Gasteiger partial charge in [0.2, 0.25) is 11.8 Å². The number of carbonyl (C=O) groups excluding carboxylic acids is 4. The normalized spacial score (nSPS) is 13.6. The van der Waals surface area contributed by atoms with Crippen LogP contribution in [0.1, 0.15) is 74.7 Å². The van der Waals surface area contributed by atoms with Crippen molar-refractivity contribution in [2.24, 2.45) is 5.41 Å². The monoisotopic (exact) mass is 548 g/mol. The van der Waals surface area contributed by atoms with E-state index in [9.17, 15) is 24.3 Å². The molecule has 0 aromatic carbocycles. The Balaban J connectivity index is 4.20. The van der Waals surface area contributed by atoms with Crippen LogP contribution in [-0.4, -0.2) is 73.5 Å². The number of thioether (sulfide) groups is 1. The lowest BCUT2D eigenvalue weighted by Crippen LogP contribution is -2.50. The Morgan fingerprint density at radius 3 is 2.00 bits per heavy atom. The summed E-state index contributed by atoms with van der Waals surface area (Å²) < 4.78 is 11.3. The van der Waals surface area contributed by atoms with Gasteiger partial charge in [0.1, 0.15) is 11.7 Å². The highest BCUT2D eigenvalue weighted by atomic mass is 32.2. The lowest BCUT2D eigenvalue weighted by atomic mass is 9.87. The molecule has 0 radical (unpaired) electrons. The highest BCUT2D eigenvalue weighted by Crippen LogP contribution is 2.38. The van der Waals surface area contributed by atoms with Crippen molar-refractivity contribution in [3.8, 4) is 0 Å². The molecule has 0 fully saturated rings. The van der Waals surface area contributed by atoms with Gasteiger partial charge in [-0.15, -0.1) is 0 Å². The molecule has 0 heterocycles. The molecule has 11 heteroatoms. The minimum atomic E-state index is -2.02. The van der Waals surface area contributed by atoms with Crippen molar-refractivity contribution in [3.05, 3.63) is 0 Å². The second-order valence-corrected chi connectivity index (χ2v) is 18.1. The predicted octanol–water partition coefficient (Wildman–Crippen LogP) is 3.40. The minimum absolute atomic E-state index is 0.0233. The first kappa shape index (κ1) is 34.6. The molecule has 0 bridgehead atoms. The van der Waals surface area contributed by atoms with Crippen LogP contribution >= 0.6 is 11.8 Å². The number of esters is 1. The number of hydrogen-bond acceptors (Lipinski definition) is 8. The van der Waals surface area contributed by atoms with E-state index >= 15 is 0 Å². The van der Waals surface area contributed by atoms with Gasteiger partial charge in [0.05, 0.1) is 6.42 Å². The summed E-state index contributed by atoms with van der Waals surface area (Å²) in [6.07, 6.45) is -1.11. The molecule has 0 aromatic rings. The summed E-state index contributed by atoms with van der Waals surface area (Å²) in [7, 11) is -2.02. The predicted molar refractivity (Wildman–Crippen MR) is 146 cm³/mol. The molecule has 0 rings (SSSR count). The second-order valence-electron chi connectivity index (χ2n) is 12.1. The fourth-order valence-electron chi connectivity index (χ4n) is 2.53. The van der Waals surface area contributed by atoms with Gasteiger partial charge in [0, 0.05) is 43.7 Å². The maximum atomic E-state index is 12.4. The summed E-state index contributed by atoms with van der Waals surface area (Å²) in [5, 5.41) is 15.7. The average Bonchev–Trinajstić information content (AvgIpc) is 2.71. The number of carbonyl (C=O) groups is 4. The van der Waals surface area contributed by atoms with Gasteiger partial charge in [-0.3, -0.25) is 19.2 Å². The van der Waals surface area contributed by atoms with Crippen molar-refractivity contribution in [1.82, 2.24) is 10.6 Å². The van der Waals surface area contributed by atoms with Crippen LogP contribution < -0.4 is 10.6 Å². The Labute approximate surface area is 222 Å². The molecule has 9 nitrogen and oxygen atoms in total. The molecular formula is C25H48N2O7SSi. The third-order valence-electron chi connectivity index (χ3n) is 5.89. The SMILES string of the molecule is CC(C)(C)OC(=O)CCC(=O)SCCNC(=O)CCNC(=O)[C@H](O)C(C)(C)CO[Si](C)(C)C(C)(C)C. The van der Waals surface area contributed by atoms with E-state index in [4.69, 9.17) is 9.16 Å². The fourth-order valence-corrected chi connectivity index (χ4v) is 4.37. The van der Waals surface area contributed by atoms with Gasteiger partial charge in [0.15, 0.2) is 13.4 Å². The van der Waals surface area contributed by atoms with Crippen LogP contribution in [0.3, 0.4) is 0 Å². The topological polar surface area (TPSA) is 131 Å². The van der Waals surface area contributed by atoms with Crippen molar-refractivity contribution < 1.29 is 33.4 Å². The lowest BCUT2D eigenvalue weighted by molar-refractivity contribution is -0.155. The Morgan fingerprint density at radius 1 is 0.889 bits per heavy atom. The number of rotatable bonds is 14. The zero-order valence-electron chi connectivity index (χ0n) is 23.8. The van der Waals surface area contributed by atoms with Crippen molar-refractivity contribution in [1.29, 1.82) is 0 Å². The third-order valence-corrected chi connectivity index (χ3v) is 11.3. The second kappa shape index (κ2) is 14.5. The number of ether oxygens (including phenoxy) is 1. The van der Waals surface area contributed by atoms with Gasteiger partial charge >= 0.3 is 5.97 Å². The molecule has 0 aromatic heterocycles. The first-order valence-corrected chi connectivity index (χ1v) is 16.3. The molecule has 210 valence electrons. The number of nitrogens with one attached hydrogen (secondary N) is 2. The Bertz CT molecular complexity index is 758. The summed E-state index contributed by atoms with van der Waals surface area (Å²) in [6.45, 7) is 20.1. The first-order valence-electron chi connectivity index (χ1n) is 12.4. The third kappa shape index (κ3) is 14.3. The van der Waals surface area contributed by atoms with Crippen LogP contribution in [0.25, 0.3) is 0 Å². The summed E-state index contributed by atoms with van der Waals surface area (Å²) in [5.74, 6) is -0.847. The van der Waals surface area contributed by atoms with E-state index < -0.39 is 37.3 Å². The number of hydrogen-bond donors (Lipinski definition) is 3. The lowest BCUT2D eigenvalue weighted by Gasteiger charge is -2.40. The van der Waals surface area contributed by atoms with Crippen molar-refractivity contribution in [2.75, 3.05) is 25.4 Å². The molecule has 0 aliphatic carbocycles. The Morgan fingerprint density at radius 2 is 1.47 bits per heavy atom. The Kier molecular flexibility index (Phi) is 13.9. The van der Waals surface area contributed by atoms with Crippen molar-refractivity contribution >= 4 is 43.0 Å². The maximum absolute atomic E-state index is 12.4. The molecule has 0 spiro atoms. The summed E-state index contributed by atoms with van der Waals surface area (Å²) in [4.78, 5) is 47.9. The van der Waals surface area contributed by atoms with Gasteiger partial charge < -0.3 is 24.9 Å². The summed E-state index contributed by atoms with van der Waals surface area (Å²) >= 11 is 1.05. The molecule has 0 saturated carbocycles. The molecule has 1 atom stereocenters. The van der Waals surface area contributed by atoms with Gasteiger partial charge in [-0.25, -0.2) is 0 Å². The maximum Gasteiger partial charge on any atom is 0.306 e. The van der Waals surface area contributed by atoms with Gasteiger partial charge in [-0.05, 0) is 38.9 Å². The quantitative estimate of drug-likeness (QED) is 0.171. The smallest absolute Gasteiger partial charge is 0.306 e. The molecule has 36 heavy (non-hydrogen) atoms. The number of aliphatic hydroxyl groups excluding tert-OH is 1. The Hall–Kier alpha value is -1.43. The van der Waals surface area contributed by atoms with Gasteiger partial charge in [-0.1, -0.05) is 46.4 Å². The van der Waals surface area contributed by atoms with E-state index in [1.807, 2.05) is 0 Å². The van der Waals surface area contributed by atoms with E-state index in [0.717, 1.165) is 11.8 Å². The molecule has 2 amide bonds. The molecule has 0 aliphatic rings. The standard InChI is InChI=1S/C25H48N2O7SSi/c1-23(2,3)34-19(29)11-12-20(30)35-16-15-26-18(28)13-14-27-22(32)21(31)25(7,8)17-33-36(9,10)24(4,5)6/h21,31H,11-17H2,1-10H3,(H,26,28)(H,27,32)/t21-/m0/s1. The molecular weight excluding hydrogens is 500 g/mol. The first-order chi connectivity index (χ1) is 16.2. The van der Waals surface area contributed by atoms with E-state index in [-0.39, 0.29) is 55.0 Å². The average molecular weight is 549 g/mol. The van der Waals surface area contributed by atoms with E-state index in [2.05, 4.69) is 44.5 Å². The van der Waals surface area contributed by atoms with E-state index in [1.165, 1.54) is 0 Å². The van der Waals surface area contributed by atoms with Crippen LogP contribution in [0.5, 0.6) is 0 Å². The van der Waals surface area contributed by atoms with Crippen LogP contribution in [0.2, 0.25) is 18.1 Å². The van der Waals surface area contributed by atoms with Crippen LogP contribution in [0.15, 0.2) is 0 Å². The molecule has 3 N–H and O–H groups in total. The summed E-state index contributed by atoms with van der Waals surface area (Å²) in [6, 6.07) is 0. The highest BCUT2D eigenvalue weighted by Gasteiger charge is 2.41. The number of aliphatic hydroxyl groups is 1. The zero-order chi connectivity index (χ0) is 28.4. The van der Waals surface area contributed by atoms with E-state index in [0.29, 0.717) is 5.75 Å². The van der Waals surface area contributed by atoms with Crippen molar-refractivity contribution in [3.63, 3.8) is 0 Å². The van der Waals surface area contributed by atoms with E-state index in [1.54, 1.807) is 34.6 Å². The van der Waals surface area contributed by atoms with Crippen LogP contribution in [0.4, 0.5) is 0 Å². The minimum Gasteiger partial charge on any atom is -0.460 e. The van der Waals surface area contributed by atoms with Gasteiger partial charge in [0.25, 0.3) is 0 Å². The zero-order valence-corrected chi connectivity index (χ0v) is 25.6. The largest absolute Gasteiger partial charge is 0.460 e. The number of amides is 2. The van der Waals surface area contributed by atoms with Crippen LogP contribution in [0, 0.1) is 5.41 Å².